The number of aliphatic hydroxyl groups is 1. The molecule has 2 saturated carbocycles. The van der Waals surface area contributed by atoms with Gasteiger partial charge in [0, 0.05) is 18.5 Å². The van der Waals surface area contributed by atoms with Gasteiger partial charge < -0.3 is 20.5 Å². The van der Waals surface area contributed by atoms with Crippen molar-refractivity contribution in [3.8, 4) is 5.75 Å². The van der Waals surface area contributed by atoms with Crippen LogP contribution in [-0.2, 0) is 16.1 Å². The van der Waals surface area contributed by atoms with Crippen molar-refractivity contribution in [3.63, 3.8) is 0 Å². The minimum absolute atomic E-state index is 0.0207. The molecule has 2 fully saturated rings. The summed E-state index contributed by atoms with van der Waals surface area (Å²) in [5, 5.41) is 17.7. The summed E-state index contributed by atoms with van der Waals surface area (Å²) in [4.78, 5) is 25.6. The number of carbonyl (C=O) groups is 2. The minimum Gasteiger partial charge on any atom is -0.484 e. The number of hydrogen-bond donors (Lipinski definition) is 3. The second-order valence-electron chi connectivity index (χ2n) is 11.2. The SMILES string of the molecule is CC(C(=O)NCc1ccc(F)cc1)C1CCC2(C)CCC(NC(=O)COc3ccccc3)C(C)C2C1O. The van der Waals surface area contributed by atoms with E-state index in [2.05, 4.69) is 24.5 Å². The fraction of sp³-hybridized carbons (Fsp3) is 0.533. The van der Waals surface area contributed by atoms with E-state index in [1.54, 1.807) is 12.1 Å². The van der Waals surface area contributed by atoms with Crippen LogP contribution in [0, 0.1) is 34.9 Å². The van der Waals surface area contributed by atoms with Crippen LogP contribution >= 0.6 is 0 Å². The van der Waals surface area contributed by atoms with E-state index in [9.17, 15) is 19.1 Å². The number of halogens is 1. The molecular weight excluding hydrogens is 471 g/mol. The van der Waals surface area contributed by atoms with Crippen LogP contribution in [0.1, 0.15) is 52.0 Å². The van der Waals surface area contributed by atoms with Gasteiger partial charge in [-0.05, 0) is 78.7 Å². The average Bonchev–Trinajstić information content (AvgIpc) is 2.89. The zero-order chi connectivity index (χ0) is 26.6. The van der Waals surface area contributed by atoms with Crippen molar-refractivity contribution >= 4 is 11.8 Å². The molecule has 6 nitrogen and oxygen atoms in total. The molecule has 0 aliphatic heterocycles. The molecule has 0 bridgehead atoms. The minimum atomic E-state index is -0.638. The Morgan fingerprint density at radius 1 is 1.11 bits per heavy atom. The number of fused-ring (bicyclic) bond motifs is 1. The lowest BCUT2D eigenvalue weighted by Crippen LogP contribution is -2.58. The second kappa shape index (κ2) is 11.6. The Morgan fingerprint density at radius 3 is 2.49 bits per heavy atom. The standard InChI is InChI=1S/C30H39FN2O4/c1-19(29(36)32-17-21-9-11-22(31)12-10-21)24-13-15-30(3)16-14-25(20(2)27(30)28(24)35)33-26(34)18-37-23-7-5-4-6-8-23/h4-12,19-20,24-25,27-28,35H,13-18H2,1-3H3,(H,32,36)(H,33,34). The maximum atomic E-state index is 13.2. The molecule has 0 heterocycles. The van der Waals surface area contributed by atoms with E-state index in [0.717, 1.165) is 31.2 Å². The van der Waals surface area contributed by atoms with Crippen molar-refractivity contribution in [1.82, 2.24) is 10.6 Å². The number of para-hydroxylation sites is 1. The maximum Gasteiger partial charge on any atom is 0.258 e. The molecule has 7 heteroatoms. The van der Waals surface area contributed by atoms with E-state index in [1.807, 2.05) is 37.3 Å². The highest BCUT2D eigenvalue weighted by molar-refractivity contribution is 5.79. The van der Waals surface area contributed by atoms with Crippen LogP contribution < -0.4 is 15.4 Å². The third-order valence-electron chi connectivity index (χ3n) is 8.78. The summed E-state index contributed by atoms with van der Waals surface area (Å²) in [6.07, 6.45) is 2.86. The Morgan fingerprint density at radius 2 is 1.78 bits per heavy atom. The van der Waals surface area contributed by atoms with Gasteiger partial charge in [-0.2, -0.15) is 0 Å². The van der Waals surface area contributed by atoms with Crippen molar-refractivity contribution in [2.24, 2.45) is 29.1 Å². The van der Waals surface area contributed by atoms with E-state index < -0.39 is 6.10 Å². The summed E-state index contributed by atoms with van der Waals surface area (Å²) in [5.74, 6) is -0.413. The maximum absolute atomic E-state index is 13.2. The number of amides is 2. The summed E-state index contributed by atoms with van der Waals surface area (Å²) in [6.45, 7) is 6.50. The fourth-order valence-corrected chi connectivity index (χ4v) is 6.56. The molecule has 2 aliphatic rings. The summed E-state index contributed by atoms with van der Waals surface area (Å²) < 4.78 is 18.8. The second-order valence-corrected chi connectivity index (χ2v) is 11.2. The zero-order valence-corrected chi connectivity index (χ0v) is 22.0. The van der Waals surface area contributed by atoms with Crippen LogP contribution in [0.5, 0.6) is 5.75 Å². The van der Waals surface area contributed by atoms with Gasteiger partial charge in [0.2, 0.25) is 5.91 Å². The molecular formula is C30H39FN2O4. The molecule has 7 atom stereocenters. The number of rotatable bonds is 8. The van der Waals surface area contributed by atoms with Gasteiger partial charge in [0.15, 0.2) is 6.61 Å². The first-order chi connectivity index (χ1) is 17.7. The summed E-state index contributed by atoms with van der Waals surface area (Å²) in [7, 11) is 0. The van der Waals surface area contributed by atoms with Gasteiger partial charge in [-0.1, -0.05) is 51.1 Å². The summed E-state index contributed by atoms with van der Waals surface area (Å²) >= 11 is 0. The smallest absolute Gasteiger partial charge is 0.258 e. The lowest BCUT2D eigenvalue weighted by molar-refractivity contribution is -0.144. The van der Waals surface area contributed by atoms with Gasteiger partial charge >= 0.3 is 0 Å². The van der Waals surface area contributed by atoms with Gasteiger partial charge in [-0.15, -0.1) is 0 Å². The van der Waals surface area contributed by atoms with E-state index in [4.69, 9.17) is 4.74 Å². The molecule has 0 saturated heterocycles. The lowest BCUT2D eigenvalue weighted by Gasteiger charge is -2.56. The Labute approximate surface area is 219 Å². The molecule has 37 heavy (non-hydrogen) atoms. The van der Waals surface area contributed by atoms with Crippen LogP contribution in [-0.4, -0.2) is 35.7 Å². The van der Waals surface area contributed by atoms with Crippen molar-refractivity contribution in [3.05, 3.63) is 66.0 Å². The van der Waals surface area contributed by atoms with Gasteiger partial charge in [0.25, 0.3) is 5.91 Å². The Bertz CT molecular complexity index is 1060. The van der Waals surface area contributed by atoms with E-state index >= 15 is 0 Å². The largest absolute Gasteiger partial charge is 0.484 e. The van der Waals surface area contributed by atoms with Crippen LogP contribution in [0.4, 0.5) is 4.39 Å². The van der Waals surface area contributed by atoms with E-state index in [1.165, 1.54) is 12.1 Å². The predicted molar refractivity (Wildman–Crippen MR) is 140 cm³/mol. The number of ether oxygens (including phenoxy) is 1. The Balaban J connectivity index is 1.35. The molecule has 0 aromatic heterocycles. The number of benzene rings is 2. The third kappa shape index (κ3) is 6.32. The van der Waals surface area contributed by atoms with Gasteiger partial charge in [-0.25, -0.2) is 4.39 Å². The molecule has 200 valence electrons. The topological polar surface area (TPSA) is 87.7 Å². The van der Waals surface area contributed by atoms with Crippen LogP contribution in [0.3, 0.4) is 0 Å². The highest BCUT2D eigenvalue weighted by Crippen LogP contribution is 2.55. The first kappa shape index (κ1) is 27.1. The number of aliphatic hydroxyl groups excluding tert-OH is 1. The van der Waals surface area contributed by atoms with Crippen LogP contribution in [0.15, 0.2) is 54.6 Å². The monoisotopic (exact) mass is 510 g/mol. The Hall–Kier alpha value is -2.93. The van der Waals surface area contributed by atoms with Gasteiger partial charge in [0.1, 0.15) is 11.6 Å². The Kier molecular flexibility index (Phi) is 8.53. The first-order valence-electron chi connectivity index (χ1n) is 13.4. The highest BCUT2D eigenvalue weighted by Gasteiger charge is 2.53. The van der Waals surface area contributed by atoms with Crippen molar-refractivity contribution in [2.75, 3.05) is 6.61 Å². The van der Waals surface area contributed by atoms with E-state index in [-0.39, 0.29) is 59.4 Å². The molecule has 2 amide bonds. The van der Waals surface area contributed by atoms with Gasteiger partial charge in [-0.3, -0.25) is 9.59 Å². The summed E-state index contributed by atoms with van der Waals surface area (Å²) in [6, 6.07) is 15.3. The zero-order valence-electron chi connectivity index (χ0n) is 22.0. The van der Waals surface area contributed by atoms with E-state index in [0.29, 0.717) is 12.3 Å². The van der Waals surface area contributed by atoms with Crippen molar-refractivity contribution in [2.45, 2.75) is 65.1 Å². The number of hydrogen-bond acceptors (Lipinski definition) is 4. The lowest BCUT2D eigenvalue weighted by atomic mass is 9.51. The third-order valence-corrected chi connectivity index (χ3v) is 8.78. The molecule has 2 aliphatic carbocycles. The quantitative estimate of drug-likeness (QED) is 0.489. The number of nitrogens with one attached hydrogen (secondary N) is 2. The van der Waals surface area contributed by atoms with Crippen LogP contribution in [0.25, 0.3) is 0 Å². The fourth-order valence-electron chi connectivity index (χ4n) is 6.56. The molecule has 4 rings (SSSR count). The molecule has 0 radical (unpaired) electrons. The molecule has 2 aromatic rings. The van der Waals surface area contributed by atoms with Gasteiger partial charge in [0.05, 0.1) is 6.10 Å². The van der Waals surface area contributed by atoms with Crippen LogP contribution in [0.2, 0.25) is 0 Å². The highest BCUT2D eigenvalue weighted by atomic mass is 19.1. The summed E-state index contributed by atoms with van der Waals surface area (Å²) in [5.41, 5.74) is 0.802. The molecule has 3 N–H and O–H groups in total. The molecule has 2 aromatic carbocycles. The number of carbonyl (C=O) groups excluding carboxylic acids is 2. The molecule has 7 unspecified atom stereocenters. The first-order valence-corrected chi connectivity index (χ1v) is 13.4. The normalized spacial score (nSPS) is 30.0. The average molecular weight is 511 g/mol. The molecule has 0 spiro atoms. The van der Waals surface area contributed by atoms with Crippen molar-refractivity contribution in [1.29, 1.82) is 0 Å². The van der Waals surface area contributed by atoms with Crippen molar-refractivity contribution < 1.29 is 23.8 Å². The predicted octanol–water partition coefficient (Wildman–Crippen LogP) is 4.47.